The normalized spacial score (nSPS) is 10.8. The first-order valence-electron chi connectivity index (χ1n) is 5.85. The van der Waals surface area contributed by atoms with Crippen LogP contribution in [0.15, 0.2) is 12.1 Å². The number of aryl methyl sites for hydroxylation is 1. The number of halogens is 1. The molecular formula is C12H20ClN3. The van der Waals surface area contributed by atoms with Gasteiger partial charge in [-0.15, -0.1) is 16.7 Å². The van der Waals surface area contributed by atoms with Gasteiger partial charge in [0.15, 0.2) is 5.82 Å². The predicted molar refractivity (Wildman–Crippen MR) is 69.2 cm³/mol. The Morgan fingerprint density at radius 3 is 2.38 bits per heavy atom. The first-order valence-corrected chi connectivity index (χ1v) is 6.39. The predicted octanol–water partition coefficient (Wildman–Crippen LogP) is 3.02. The van der Waals surface area contributed by atoms with Crippen molar-refractivity contribution in [3.8, 4) is 0 Å². The molecule has 0 saturated heterocycles. The summed E-state index contributed by atoms with van der Waals surface area (Å²) in [6, 6.07) is 4.51. The van der Waals surface area contributed by atoms with Crippen LogP contribution in [0.1, 0.15) is 32.4 Å². The lowest BCUT2D eigenvalue weighted by atomic mass is 10.1. The fourth-order valence-corrected chi connectivity index (χ4v) is 2.03. The van der Waals surface area contributed by atoms with Gasteiger partial charge in [0.2, 0.25) is 0 Å². The Morgan fingerprint density at radius 1 is 1.25 bits per heavy atom. The Labute approximate surface area is 103 Å². The molecule has 0 amide bonds. The highest BCUT2D eigenvalue weighted by molar-refractivity contribution is 6.18. The molecule has 0 saturated carbocycles. The Morgan fingerprint density at radius 2 is 1.94 bits per heavy atom. The van der Waals surface area contributed by atoms with Crippen LogP contribution in [0.2, 0.25) is 0 Å². The molecule has 0 spiro atoms. The zero-order valence-corrected chi connectivity index (χ0v) is 11.0. The molecule has 0 aliphatic carbocycles. The fourth-order valence-electron chi connectivity index (χ4n) is 1.85. The van der Waals surface area contributed by atoms with Gasteiger partial charge in [-0.25, -0.2) is 0 Å². The number of anilines is 1. The number of hydrogen-bond acceptors (Lipinski definition) is 3. The maximum absolute atomic E-state index is 5.85. The summed E-state index contributed by atoms with van der Waals surface area (Å²) in [7, 11) is 0. The van der Waals surface area contributed by atoms with Crippen LogP contribution >= 0.6 is 11.6 Å². The quantitative estimate of drug-likeness (QED) is 0.717. The van der Waals surface area contributed by atoms with Crippen molar-refractivity contribution in [2.24, 2.45) is 0 Å². The molecule has 0 fully saturated rings. The second-order valence-electron chi connectivity index (χ2n) is 3.89. The molecule has 1 rings (SSSR count). The van der Waals surface area contributed by atoms with E-state index in [1.165, 1.54) is 0 Å². The number of nitrogens with zero attached hydrogens (tertiary/aromatic N) is 3. The lowest BCUT2D eigenvalue weighted by Gasteiger charge is -2.30. The molecule has 90 valence electrons. The molecule has 0 radical (unpaired) electrons. The molecule has 0 aliphatic heterocycles. The molecular weight excluding hydrogens is 222 g/mol. The monoisotopic (exact) mass is 241 g/mol. The number of alkyl halides is 1. The third-order valence-electron chi connectivity index (χ3n) is 2.79. The van der Waals surface area contributed by atoms with E-state index in [0.29, 0.717) is 11.9 Å². The molecule has 0 bridgehead atoms. The molecule has 1 aromatic heterocycles. The Bertz CT molecular complexity index is 296. The van der Waals surface area contributed by atoms with E-state index in [1.807, 2.05) is 19.1 Å². The van der Waals surface area contributed by atoms with Crippen molar-refractivity contribution in [2.75, 3.05) is 17.3 Å². The van der Waals surface area contributed by atoms with Gasteiger partial charge in [0.1, 0.15) is 0 Å². The summed E-state index contributed by atoms with van der Waals surface area (Å²) in [5.74, 6) is 1.55. The summed E-state index contributed by atoms with van der Waals surface area (Å²) in [6.07, 6.45) is 2.20. The van der Waals surface area contributed by atoms with Gasteiger partial charge in [-0.05, 0) is 31.9 Å². The van der Waals surface area contributed by atoms with Crippen molar-refractivity contribution in [2.45, 2.75) is 39.7 Å². The van der Waals surface area contributed by atoms with E-state index in [2.05, 4.69) is 28.9 Å². The number of rotatable bonds is 6. The molecule has 0 aliphatic rings. The van der Waals surface area contributed by atoms with Gasteiger partial charge in [-0.3, -0.25) is 0 Å². The number of hydrogen-bond donors (Lipinski definition) is 0. The molecule has 16 heavy (non-hydrogen) atoms. The van der Waals surface area contributed by atoms with Crippen molar-refractivity contribution in [3.63, 3.8) is 0 Å². The van der Waals surface area contributed by atoms with E-state index in [9.17, 15) is 0 Å². The lowest BCUT2D eigenvalue weighted by Crippen LogP contribution is -2.36. The second kappa shape index (κ2) is 6.69. The van der Waals surface area contributed by atoms with Crippen LogP contribution < -0.4 is 4.90 Å². The van der Waals surface area contributed by atoms with Crippen LogP contribution in [-0.4, -0.2) is 28.7 Å². The second-order valence-corrected chi connectivity index (χ2v) is 4.26. The molecule has 0 N–H and O–H groups in total. The Hall–Kier alpha value is -0.830. The molecule has 3 nitrogen and oxygen atoms in total. The van der Waals surface area contributed by atoms with E-state index < -0.39 is 0 Å². The molecule has 1 heterocycles. The first kappa shape index (κ1) is 13.2. The SMILES string of the molecule is CCC(CC)N(CCCl)c1ccc(C)nn1. The largest absolute Gasteiger partial charge is 0.351 e. The van der Waals surface area contributed by atoms with Crippen molar-refractivity contribution in [1.82, 2.24) is 10.2 Å². The smallest absolute Gasteiger partial charge is 0.151 e. The highest BCUT2D eigenvalue weighted by Gasteiger charge is 2.16. The van der Waals surface area contributed by atoms with Crippen LogP contribution in [-0.2, 0) is 0 Å². The topological polar surface area (TPSA) is 29.0 Å². The van der Waals surface area contributed by atoms with Crippen LogP contribution in [0.4, 0.5) is 5.82 Å². The van der Waals surface area contributed by atoms with Gasteiger partial charge in [0.25, 0.3) is 0 Å². The van der Waals surface area contributed by atoms with Gasteiger partial charge in [0.05, 0.1) is 5.69 Å². The van der Waals surface area contributed by atoms with Gasteiger partial charge in [-0.1, -0.05) is 13.8 Å². The van der Waals surface area contributed by atoms with Crippen LogP contribution in [0.5, 0.6) is 0 Å². The van der Waals surface area contributed by atoms with Crippen LogP contribution in [0.3, 0.4) is 0 Å². The maximum Gasteiger partial charge on any atom is 0.151 e. The van der Waals surface area contributed by atoms with E-state index in [-0.39, 0.29) is 0 Å². The summed E-state index contributed by atoms with van der Waals surface area (Å²) >= 11 is 5.85. The van der Waals surface area contributed by atoms with Gasteiger partial charge >= 0.3 is 0 Å². The van der Waals surface area contributed by atoms with Crippen molar-refractivity contribution >= 4 is 17.4 Å². The highest BCUT2D eigenvalue weighted by atomic mass is 35.5. The van der Waals surface area contributed by atoms with Gasteiger partial charge in [-0.2, -0.15) is 5.10 Å². The highest BCUT2D eigenvalue weighted by Crippen LogP contribution is 2.17. The summed E-state index contributed by atoms with van der Waals surface area (Å²) in [5.41, 5.74) is 0.944. The molecule has 0 unspecified atom stereocenters. The van der Waals surface area contributed by atoms with E-state index in [4.69, 9.17) is 11.6 Å². The van der Waals surface area contributed by atoms with Gasteiger partial charge < -0.3 is 4.90 Å². The van der Waals surface area contributed by atoms with Crippen molar-refractivity contribution in [3.05, 3.63) is 17.8 Å². The number of aromatic nitrogens is 2. The minimum Gasteiger partial charge on any atom is -0.351 e. The average molecular weight is 242 g/mol. The lowest BCUT2D eigenvalue weighted by molar-refractivity contribution is 0.560. The minimum absolute atomic E-state index is 0.496. The van der Waals surface area contributed by atoms with Gasteiger partial charge in [0, 0.05) is 18.5 Å². The molecule has 0 aromatic carbocycles. The van der Waals surface area contributed by atoms with E-state index in [1.54, 1.807) is 0 Å². The zero-order chi connectivity index (χ0) is 12.0. The average Bonchev–Trinajstić information content (AvgIpc) is 2.31. The van der Waals surface area contributed by atoms with Crippen molar-refractivity contribution in [1.29, 1.82) is 0 Å². The van der Waals surface area contributed by atoms with Crippen LogP contribution in [0, 0.1) is 6.92 Å². The van der Waals surface area contributed by atoms with E-state index in [0.717, 1.165) is 30.9 Å². The Balaban J connectivity index is 2.87. The van der Waals surface area contributed by atoms with Crippen molar-refractivity contribution < 1.29 is 0 Å². The summed E-state index contributed by atoms with van der Waals surface area (Å²) in [4.78, 5) is 2.25. The third kappa shape index (κ3) is 3.34. The third-order valence-corrected chi connectivity index (χ3v) is 2.96. The summed E-state index contributed by atoms with van der Waals surface area (Å²) < 4.78 is 0. The standard InChI is InChI=1S/C12H20ClN3/c1-4-11(5-2)16(9-8-13)12-7-6-10(3)14-15-12/h6-7,11H,4-5,8-9H2,1-3H3. The zero-order valence-electron chi connectivity index (χ0n) is 10.3. The summed E-state index contributed by atoms with van der Waals surface area (Å²) in [5, 5.41) is 8.33. The maximum atomic E-state index is 5.85. The Kier molecular flexibility index (Phi) is 5.53. The molecule has 0 atom stereocenters. The molecule has 4 heteroatoms. The minimum atomic E-state index is 0.496. The fraction of sp³-hybridized carbons (Fsp3) is 0.667. The van der Waals surface area contributed by atoms with Crippen LogP contribution in [0.25, 0.3) is 0 Å². The van der Waals surface area contributed by atoms with E-state index >= 15 is 0 Å². The summed E-state index contributed by atoms with van der Waals surface area (Å²) in [6.45, 7) is 7.15. The first-order chi connectivity index (χ1) is 7.72. The molecule has 1 aromatic rings.